The fourth-order valence-corrected chi connectivity index (χ4v) is 4.26. The Hall–Kier alpha value is -3.74. The maximum absolute atomic E-state index is 12.8. The summed E-state index contributed by atoms with van der Waals surface area (Å²) in [5.74, 6) is 0.536. The van der Waals surface area contributed by atoms with Crippen molar-refractivity contribution in [2.24, 2.45) is 0 Å². The number of aromatic nitrogens is 1. The average Bonchev–Trinajstić information content (AvgIpc) is 3.30. The van der Waals surface area contributed by atoms with Gasteiger partial charge in [-0.05, 0) is 5.56 Å². The van der Waals surface area contributed by atoms with Gasteiger partial charge in [-0.15, -0.1) is 0 Å². The lowest BCUT2D eigenvalue weighted by molar-refractivity contribution is -0.117. The Morgan fingerprint density at radius 3 is 1.97 bits per heavy atom. The van der Waals surface area contributed by atoms with Gasteiger partial charge in [0.15, 0.2) is 5.76 Å². The molecule has 0 spiro atoms. The van der Waals surface area contributed by atoms with Gasteiger partial charge >= 0.3 is 6.01 Å². The summed E-state index contributed by atoms with van der Waals surface area (Å²) in [5, 5.41) is 2.87. The van der Waals surface area contributed by atoms with Gasteiger partial charge in [0, 0.05) is 43.9 Å². The van der Waals surface area contributed by atoms with Crippen LogP contribution in [0, 0.1) is 0 Å². The van der Waals surface area contributed by atoms with E-state index in [4.69, 9.17) is 4.42 Å². The molecule has 6 nitrogen and oxygen atoms in total. The van der Waals surface area contributed by atoms with Crippen molar-refractivity contribution in [3.05, 3.63) is 96.6 Å². The van der Waals surface area contributed by atoms with E-state index in [0.29, 0.717) is 12.3 Å². The Labute approximate surface area is 199 Å². The van der Waals surface area contributed by atoms with Crippen molar-refractivity contribution in [2.45, 2.75) is 6.54 Å². The second kappa shape index (κ2) is 10.5. The second-order valence-electron chi connectivity index (χ2n) is 8.51. The number of oxazole rings is 1. The van der Waals surface area contributed by atoms with Crippen LogP contribution < -0.4 is 5.32 Å². The minimum atomic E-state index is -0.114. The number of hydrogen-bond acceptors (Lipinski definition) is 5. The molecule has 172 valence electrons. The molecule has 0 unspecified atom stereocenters. The van der Waals surface area contributed by atoms with Gasteiger partial charge in [-0.25, -0.2) is 0 Å². The van der Waals surface area contributed by atoms with Gasteiger partial charge in [0.25, 0.3) is 0 Å². The summed E-state index contributed by atoms with van der Waals surface area (Å²) in [6.45, 7) is 4.87. The maximum Gasteiger partial charge on any atom is 0.302 e. The zero-order valence-electron chi connectivity index (χ0n) is 19.1. The zero-order valence-corrected chi connectivity index (χ0v) is 19.1. The molecule has 0 atom stereocenters. The molecule has 1 amide bonds. The fraction of sp³-hybridized carbons (Fsp3) is 0.214. The quantitative estimate of drug-likeness (QED) is 0.438. The van der Waals surface area contributed by atoms with Gasteiger partial charge in [-0.1, -0.05) is 91.0 Å². The maximum atomic E-state index is 12.8. The molecule has 1 fully saturated rings. The van der Waals surface area contributed by atoms with E-state index in [9.17, 15) is 4.79 Å². The molecule has 1 saturated heterocycles. The van der Waals surface area contributed by atoms with E-state index in [2.05, 4.69) is 44.4 Å². The van der Waals surface area contributed by atoms with E-state index in [1.54, 1.807) is 0 Å². The Bertz CT molecular complexity index is 1140. The summed E-state index contributed by atoms with van der Waals surface area (Å²) in [6.07, 6.45) is 0. The van der Waals surface area contributed by atoms with Crippen LogP contribution in [0.1, 0.15) is 5.56 Å². The van der Waals surface area contributed by atoms with Crippen molar-refractivity contribution < 1.29 is 9.21 Å². The molecule has 6 heteroatoms. The second-order valence-corrected chi connectivity index (χ2v) is 8.51. The van der Waals surface area contributed by atoms with Crippen LogP contribution >= 0.6 is 0 Å². The normalized spacial score (nSPS) is 14.7. The minimum absolute atomic E-state index is 0.114. The van der Waals surface area contributed by atoms with Gasteiger partial charge in [0.2, 0.25) is 5.91 Å². The van der Waals surface area contributed by atoms with E-state index < -0.39 is 0 Å². The number of benzene rings is 3. The van der Waals surface area contributed by atoms with Crippen LogP contribution in [0.25, 0.3) is 22.6 Å². The van der Waals surface area contributed by atoms with E-state index in [1.807, 2.05) is 66.7 Å². The van der Waals surface area contributed by atoms with Crippen molar-refractivity contribution in [3.63, 3.8) is 0 Å². The zero-order chi connectivity index (χ0) is 23.2. The van der Waals surface area contributed by atoms with Gasteiger partial charge in [-0.2, -0.15) is 4.98 Å². The Morgan fingerprint density at radius 2 is 1.32 bits per heavy atom. The highest BCUT2D eigenvalue weighted by Gasteiger charge is 2.21. The van der Waals surface area contributed by atoms with Gasteiger partial charge < -0.3 is 4.42 Å². The van der Waals surface area contributed by atoms with Crippen LogP contribution in [0.15, 0.2) is 95.4 Å². The Balaban J connectivity index is 1.22. The summed E-state index contributed by atoms with van der Waals surface area (Å²) >= 11 is 0. The topological polar surface area (TPSA) is 61.6 Å². The van der Waals surface area contributed by atoms with Crippen molar-refractivity contribution in [3.8, 4) is 22.6 Å². The predicted octanol–water partition coefficient (Wildman–Crippen LogP) is 4.76. The average molecular weight is 453 g/mol. The van der Waals surface area contributed by atoms with Crippen LogP contribution in [0.5, 0.6) is 0 Å². The summed E-state index contributed by atoms with van der Waals surface area (Å²) in [4.78, 5) is 22.0. The molecule has 1 aliphatic heterocycles. The van der Waals surface area contributed by atoms with E-state index >= 15 is 0 Å². The predicted molar refractivity (Wildman–Crippen MR) is 134 cm³/mol. The highest BCUT2D eigenvalue weighted by molar-refractivity contribution is 5.91. The number of carbonyl (C=O) groups is 1. The third kappa shape index (κ3) is 5.42. The molecule has 5 rings (SSSR count). The van der Waals surface area contributed by atoms with Crippen LogP contribution in [0.2, 0.25) is 0 Å². The number of piperazine rings is 1. The van der Waals surface area contributed by atoms with Crippen molar-refractivity contribution in [2.75, 3.05) is 38.0 Å². The standard InChI is InChI=1S/C28H28N4O2/c33-25(21-32-18-16-31(17-19-32)20-22-10-4-1-5-11-22)29-28-30-26(23-12-6-2-7-13-23)27(34-28)24-14-8-3-9-15-24/h1-15H,16-21H2,(H,29,30,33). The van der Waals surface area contributed by atoms with Crippen LogP contribution in [0.4, 0.5) is 6.01 Å². The third-order valence-corrected chi connectivity index (χ3v) is 6.04. The van der Waals surface area contributed by atoms with Gasteiger partial charge in [0.05, 0.1) is 6.54 Å². The first kappa shape index (κ1) is 22.1. The molecule has 1 aliphatic rings. The monoisotopic (exact) mass is 452 g/mol. The molecule has 0 aliphatic carbocycles. The van der Waals surface area contributed by atoms with Gasteiger partial charge in [0.1, 0.15) is 5.69 Å². The molecule has 1 N–H and O–H groups in total. The molecule has 2 heterocycles. The first-order valence-electron chi connectivity index (χ1n) is 11.6. The lowest BCUT2D eigenvalue weighted by atomic mass is 10.1. The van der Waals surface area contributed by atoms with Crippen molar-refractivity contribution in [1.29, 1.82) is 0 Å². The molecule has 34 heavy (non-hydrogen) atoms. The fourth-order valence-electron chi connectivity index (χ4n) is 4.26. The first-order valence-corrected chi connectivity index (χ1v) is 11.6. The Morgan fingerprint density at radius 1 is 0.765 bits per heavy atom. The molecule has 0 bridgehead atoms. The molecule has 4 aromatic rings. The number of nitrogens with zero attached hydrogens (tertiary/aromatic N) is 3. The molecular weight excluding hydrogens is 424 g/mol. The number of nitrogens with one attached hydrogen (secondary N) is 1. The van der Waals surface area contributed by atoms with E-state index in [0.717, 1.165) is 49.5 Å². The summed E-state index contributed by atoms with van der Waals surface area (Å²) < 4.78 is 6.03. The minimum Gasteiger partial charge on any atom is -0.423 e. The number of carbonyl (C=O) groups excluding carboxylic acids is 1. The molecule has 0 saturated carbocycles. The van der Waals surface area contributed by atoms with E-state index in [1.165, 1.54) is 5.56 Å². The molecule has 0 radical (unpaired) electrons. The number of hydrogen-bond donors (Lipinski definition) is 1. The number of anilines is 1. The van der Waals surface area contributed by atoms with E-state index in [-0.39, 0.29) is 11.9 Å². The van der Waals surface area contributed by atoms with Crippen molar-refractivity contribution in [1.82, 2.24) is 14.8 Å². The smallest absolute Gasteiger partial charge is 0.302 e. The molecular formula is C28H28N4O2. The largest absolute Gasteiger partial charge is 0.423 e. The summed E-state index contributed by atoms with van der Waals surface area (Å²) in [5.41, 5.74) is 3.90. The highest BCUT2D eigenvalue weighted by atomic mass is 16.4. The van der Waals surface area contributed by atoms with Crippen LogP contribution in [-0.2, 0) is 11.3 Å². The number of amides is 1. The number of rotatable bonds is 7. The first-order chi connectivity index (χ1) is 16.7. The molecule has 1 aromatic heterocycles. The van der Waals surface area contributed by atoms with Crippen molar-refractivity contribution >= 4 is 11.9 Å². The van der Waals surface area contributed by atoms with Crippen LogP contribution in [0.3, 0.4) is 0 Å². The highest BCUT2D eigenvalue weighted by Crippen LogP contribution is 2.34. The summed E-state index contributed by atoms with van der Waals surface area (Å²) in [6, 6.07) is 30.5. The lowest BCUT2D eigenvalue weighted by Crippen LogP contribution is -2.48. The van der Waals surface area contributed by atoms with Gasteiger partial charge in [-0.3, -0.25) is 19.9 Å². The SMILES string of the molecule is O=C(CN1CCN(Cc2ccccc2)CC1)Nc1nc(-c2ccccc2)c(-c2ccccc2)o1. The Kier molecular flexibility index (Phi) is 6.79. The van der Waals surface area contributed by atoms with Crippen LogP contribution in [-0.4, -0.2) is 53.4 Å². The lowest BCUT2D eigenvalue weighted by Gasteiger charge is -2.34. The third-order valence-electron chi connectivity index (χ3n) is 6.04. The molecule has 3 aromatic carbocycles. The summed E-state index contributed by atoms with van der Waals surface area (Å²) in [7, 11) is 0.